The Kier molecular flexibility index (Phi) is 5.17. The predicted octanol–water partition coefficient (Wildman–Crippen LogP) is 2.91. The van der Waals surface area contributed by atoms with Crippen LogP contribution >= 0.6 is 11.3 Å². The van der Waals surface area contributed by atoms with Crippen molar-refractivity contribution in [2.24, 2.45) is 5.92 Å². The summed E-state index contributed by atoms with van der Waals surface area (Å²) in [5.41, 5.74) is 1.96. The van der Waals surface area contributed by atoms with Crippen molar-refractivity contribution in [2.45, 2.75) is 39.3 Å². The van der Waals surface area contributed by atoms with E-state index in [0.717, 1.165) is 41.0 Å². The topological polar surface area (TPSA) is 73.2 Å². The largest absolute Gasteiger partial charge is 0.497 e. The van der Waals surface area contributed by atoms with Crippen molar-refractivity contribution in [3.63, 3.8) is 0 Å². The molecule has 0 aliphatic heterocycles. The van der Waals surface area contributed by atoms with Crippen LogP contribution in [0, 0.1) is 5.92 Å². The van der Waals surface area contributed by atoms with Crippen LogP contribution in [0.15, 0.2) is 35.4 Å². The smallest absolute Gasteiger partial charge is 0.262 e. The minimum absolute atomic E-state index is 0.0350. The number of benzene rings is 1. The molecule has 28 heavy (non-hydrogen) atoms. The number of hydrogen-bond donors (Lipinski definition) is 1. The highest BCUT2D eigenvalue weighted by Gasteiger charge is 2.23. The van der Waals surface area contributed by atoms with E-state index in [9.17, 15) is 9.59 Å². The van der Waals surface area contributed by atoms with Crippen molar-refractivity contribution in [3.05, 3.63) is 57.0 Å². The molecule has 2 aromatic heterocycles. The van der Waals surface area contributed by atoms with Gasteiger partial charge < -0.3 is 10.1 Å². The van der Waals surface area contributed by atoms with Gasteiger partial charge in [0, 0.05) is 11.4 Å². The number of aromatic nitrogens is 2. The number of methoxy groups -OCH3 is 1. The maximum absolute atomic E-state index is 13.0. The Hall–Kier alpha value is -2.67. The minimum Gasteiger partial charge on any atom is -0.497 e. The quantitative estimate of drug-likeness (QED) is 0.718. The molecule has 6 nitrogen and oxygen atoms in total. The Morgan fingerprint density at radius 2 is 2.29 bits per heavy atom. The van der Waals surface area contributed by atoms with Gasteiger partial charge in [-0.15, -0.1) is 11.3 Å². The molecule has 146 valence electrons. The number of amides is 1. The fraction of sp³-hybridized carbons (Fsp3) is 0.381. The van der Waals surface area contributed by atoms with Crippen LogP contribution < -0.4 is 15.6 Å². The molecule has 1 aliphatic carbocycles. The molecule has 0 bridgehead atoms. The zero-order valence-electron chi connectivity index (χ0n) is 16.0. The Bertz CT molecular complexity index is 1090. The van der Waals surface area contributed by atoms with Crippen molar-refractivity contribution < 1.29 is 9.53 Å². The SMILES string of the molecule is COc1cccc(CNC(=O)Cn2cnc3sc4c(c3c2=O)CC[C@@H](C)C4)c1. The molecule has 1 atom stereocenters. The summed E-state index contributed by atoms with van der Waals surface area (Å²) >= 11 is 1.62. The summed E-state index contributed by atoms with van der Waals surface area (Å²) < 4.78 is 6.60. The zero-order valence-corrected chi connectivity index (χ0v) is 16.8. The molecule has 0 unspecified atom stereocenters. The molecule has 0 spiro atoms. The number of hydrogen-bond acceptors (Lipinski definition) is 5. The fourth-order valence-corrected chi connectivity index (χ4v) is 5.01. The van der Waals surface area contributed by atoms with Gasteiger partial charge in [0.05, 0.1) is 18.8 Å². The van der Waals surface area contributed by atoms with E-state index in [-0.39, 0.29) is 18.0 Å². The van der Waals surface area contributed by atoms with E-state index < -0.39 is 0 Å². The summed E-state index contributed by atoms with van der Waals surface area (Å²) in [5.74, 6) is 1.17. The number of aryl methyl sites for hydroxylation is 1. The van der Waals surface area contributed by atoms with E-state index in [1.54, 1.807) is 18.4 Å². The van der Waals surface area contributed by atoms with E-state index in [0.29, 0.717) is 17.8 Å². The van der Waals surface area contributed by atoms with Crippen molar-refractivity contribution in [1.29, 1.82) is 0 Å². The highest BCUT2D eigenvalue weighted by Crippen LogP contribution is 2.35. The summed E-state index contributed by atoms with van der Waals surface area (Å²) in [6, 6.07) is 7.53. The first kappa shape index (κ1) is 18.7. The number of fused-ring (bicyclic) bond motifs is 3. The lowest BCUT2D eigenvalue weighted by Gasteiger charge is -2.17. The highest BCUT2D eigenvalue weighted by molar-refractivity contribution is 7.18. The molecular weight excluding hydrogens is 374 g/mol. The average Bonchev–Trinajstić information content (AvgIpc) is 3.07. The van der Waals surface area contributed by atoms with E-state index in [4.69, 9.17) is 4.74 Å². The number of ether oxygens (including phenoxy) is 1. The highest BCUT2D eigenvalue weighted by atomic mass is 32.1. The first-order valence-corrected chi connectivity index (χ1v) is 10.3. The Labute approximate surface area is 167 Å². The average molecular weight is 398 g/mol. The molecule has 0 saturated carbocycles. The van der Waals surface area contributed by atoms with E-state index in [1.807, 2.05) is 24.3 Å². The third kappa shape index (κ3) is 3.67. The second-order valence-electron chi connectivity index (χ2n) is 7.34. The Morgan fingerprint density at radius 3 is 3.11 bits per heavy atom. The first-order chi connectivity index (χ1) is 13.5. The molecule has 1 amide bonds. The van der Waals surface area contributed by atoms with Crippen LogP contribution in [0.5, 0.6) is 5.75 Å². The summed E-state index contributed by atoms with van der Waals surface area (Å²) in [4.78, 5) is 31.9. The monoisotopic (exact) mass is 397 g/mol. The number of carbonyl (C=O) groups excluding carboxylic acids is 1. The Morgan fingerprint density at radius 1 is 1.43 bits per heavy atom. The van der Waals surface area contributed by atoms with Crippen molar-refractivity contribution in [1.82, 2.24) is 14.9 Å². The van der Waals surface area contributed by atoms with E-state index >= 15 is 0 Å². The van der Waals surface area contributed by atoms with Gasteiger partial charge >= 0.3 is 0 Å². The maximum atomic E-state index is 13.0. The lowest BCUT2D eigenvalue weighted by Crippen LogP contribution is -2.32. The molecule has 7 heteroatoms. The third-order valence-corrected chi connectivity index (χ3v) is 6.38. The second kappa shape index (κ2) is 7.75. The minimum atomic E-state index is -0.219. The standard InChI is InChI=1S/C21H23N3O3S/c1-13-6-7-16-17(8-13)28-20-19(16)21(26)24(12-23-20)11-18(25)22-10-14-4-3-5-15(9-14)27-2/h3-5,9,12-13H,6-8,10-11H2,1-2H3,(H,22,25)/t13-/m1/s1. The van der Waals surface area contributed by atoms with Gasteiger partial charge in [0.25, 0.3) is 5.56 Å². The van der Waals surface area contributed by atoms with Crippen LogP contribution in [0.1, 0.15) is 29.3 Å². The van der Waals surface area contributed by atoms with Crippen molar-refractivity contribution >= 4 is 27.5 Å². The number of nitrogens with zero attached hydrogens (tertiary/aromatic N) is 2. The van der Waals surface area contributed by atoms with E-state index in [1.165, 1.54) is 15.8 Å². The number of nitrogens with one attached hydrogen (secondary N) is 1. The van der Waals surface area contributed by atoms with Gasteiger partial charge in [-0.3, -0.25) is 14.2 Å². The van der Waals surface area contributed by atoms with Gasteiger partial charge in [-0.05, 0) is 48.4 Å². The van der Waals surface area contributed by atoms with Crippen LogP contribution in [-0.2, 0) is 30.7 Å². The molecule has 3 aromatic rings. The van der Waals surface area contributed by atoms with Gasteiger partial charge in [-0.1, -0.05) is 19.1 Å². The van der Waals surface area contributed by atoms with Crippen molar-refractivity contribution in [2.75, 3.05) is 7.11 Å². The summed E-state index contributed by atoms with van der Waals surface area (Å²) in [6.45, 7) is 2.59. The summed E-state index contributed by atoms with van der Waals surface area (Å²) in [6.07, 6.45) is 4.51. The number of carbonyl (C=O) groups is 1. The molecule has 0 radical (unpaired) electrons. The molecule has 4 rings (SSSR count). The van der Waals surface area contributed by atoms with Gasteiger partial charge in [-0.2, -0.15) is 0 Å². The predicted molar refractivity (Wildman–Crippen MR) is 110 cm³/mol. The summed E-state index contributed by atoms with van der Waals surface area (Å²) in [7, 11) is 1.61. The normalized spacial score (nSPS) is 16.0. The van der Waals surface area contributed by atoms with Gasteiger partial charge in [-0.25, -0.2) is 4.98 Å². The van der Waals surface area contributed by atoms with Gasteiger partial charge in [0.2, 0.25) is 5.91 Å². The number of thiophene rings is 1. The van der Waals surface area contributed by atoms with Gasteiger partial charge in [0.1, 0.15) is 17.1 Å². The number of rotatable bonds is 5. The van der Waals surface area contributed by atoms with Crippen LogP contribution in [0.25, 0.3) is 10.2 Å². The third-order valence-electron chi connectivity index (χ3n) is 5.22. The maximum Gasteiger partial charge on any atom is 0.262 e. The first-order valence-electron chi connectivity index (χ1n) is 9.44. The van der Waals surface area contributed by atoms with Crippen LogP contribution in [0.4, 0.5) is 0 Å². The second-order valence-corrected chi connectivity index (χ2v) is 8.42. The van der Waals surface area contributed by atoms with Crippen molar-refractivity contribution in [3.8, 4) is 5.75 Å². The van der Waals surface area contributed by atoms with E-state index in [2.05, 4.69) is 17.2 Å². The molecule has 2 heterocycles. The molecule has 1 N–H and O–H groups in total. The zero-order chi connectivity index (χ0) is 19.7. The molecular formula is C21H23N3O3S. The lowest BCUT2D eigenvalue weighted by molar-refractivity contribution is -0.121. The fourth-order valence-electron chi connectivity index (χ4n) is 3.67. The van der Waals surface area contributed by atoms with Crippen LogP contribution in [0.2, 0.25) is 0 Å². The lowest BCUT2D eigenvalue weighted by atomic mass is 9.89. The molecule has 0 saturated heterocycles. The van der Waals surface area contributed by atoms with Crippen LogP contribution in [-0.4, -0.2) is 22.6 Å². The molecule has 1 aliphatic rings. The van der Waals surface area contributed by atoms with Crippen LogP contribution in [0.3, 0.4) is 0 Å². The molecule has 1 aromatic carbocycles. The summed E-state index contributed by atoms with van der Waals surface area (Å²) in [5, 5.41) is 3.56. The molecule has 0 fully saturated rings. The Balaban J connectivity index is 1.50. The van der Waals surface area contributed by atoms with Gasteiger partial charge in [0.15, 0.2) is 0 Å².